The van der Waals surface area contributed by atoms with E-state index in [1.807, 2.05) is 0 Å². The highest BCUT2D eigenvalue weighted by atomic mass is 19.1. The van der Waals surface area contributed by atoms with E-state index in [-0.39, 0.29) is 43.5 Å². The zero-order valence-corrected chi connectivity index (χ0v) is 26.4. The lowest BCUT2D eigenvalue weighted by Gasteiger charge is -2.49. The van der Waals surface area contributed by atoms with Crippen LogP contribution < -0.4 is 19.5 Å². The first-order chi connectivity index (χ1) is 23.7. The molecule has 4 heterocycles. The summed E-state index contributed by atoms with van der Waals surface area (Å²) in [5.74, 6) is -1.41. The van der Waals surface area contributed by atoms with E-state index in [1.54, 1.807) is 48.5 Å². The van der Waals surface area contributed by atoms with Gasteiger partial charge in [0, 0.05) is 40.6 Å². The first kappa shape index (κ1) is 31.7. The molecule has 14 heteroatoms. The van der Waals surface area contributed by atoms with Gasteiger partial charge in [0.1, 0.15) is 48.6 Å². The Morgan fingerprint density at radius 3 is 2.57 bits per heavy atom. The summed E-state index contributed by atoms with van der Waals surface area (Å²) in [7, 11) is 1.54. The highest BCUT2D eigenvalue weighted by Crippen LogP contribution is 2.42. The number of nitrogens with one attached hydrogen (secondary N) is 2. The molecule has 1 saturated heterocycles. The lowest BCUT2D eigenvalue weighted by Crippen LogP contribution is -2.73. The minimum atomic E-state index is -1.09. The maximum absolute atomic E-state index is 13.8. The van der Waals surface area contributed by atoms with Gasteiger partial charge in [-0.25, -0.2) is 9.18 Å². The molecular formula is C35H30FN3O10. The molecule has 1 aromatic heterocycles. The lowest BCUT2D eigenvalue weighted by atomic mass is 9.98. The molecule has 0 radical (unpaired) electrons. The van der Waals surface area contributed by atoms with Crippen LogP contribution in [0.3, 0.4) is 0 Å². The monoisotopic (exact) mass is 671 g/mol. The molecule has 0 saturated carbocycles. The predicted octanol–water partition coefficient (Wildman–Crippen LogP) is 3.50. The quantitative estimate of drug-likeness (QED) is 0.189. The molecule has 1 fully saturated rings. The van der Waals surface area contributed by atoms with Crippen molar-refractivity contribution >= 4 is 34.7 Å². The van der Waals surface area contributed by atoms with Crippen molar-refractivity contribution < 1.29 is 52.0 Å². The van der Waals surface area contributed by atoms with Gasteiger partial charge in [-0.05, 0) is 48.0 Å². The third kappa shape index (κ3) is 6.13. The Hall–Kier alpha value is -5.89. The van der Waals surface area contributed by atoms with Crippen LogP contribution in [-0.2, 0) is 46.6 Å². The summed E-state index contributed by atoms with van der Waals surface area (Å²) in [5, 5.41) is 3.35. The van der Waals surface area contributed by atoms with Gasteiger partial charge in [0.2, 0.25) is 0 Å². The molecule has 4 aromatic rings. The van der Waals surface area contributed by atoms with Gasteiger partial charge in [-0.1, -0.05) is 12.1 Å². The van der Waals surface area contributed by atoms with Crippen LogP contribution in [0.2, 0.25) is 0 Å². The van der Waals surface area contributed by atoms with E-state index in [2.05, 4.69) is 10.3 Å². The number of carbonyl (C=O) groups excluding carboxylic acids is 4. The smallest absolute Gasteiger partial charge is 0.355 e. The fourth-order valence-corrected chi connectivity index (χ4v) is 5.94. The molecule has 3 aromatic carbocycles. The van der Waals surface area contributed by atoms with Gasteiger partial charge < -0.3 is 38.7 Å². The molecule has 2 atom stereocenters. The van der Waals surface area contributed by atoms with Crippen LogP contribution in [0.15, 0.2) is 71.9 Å². The Morgan fingerprint density at radius 1 is 1.00 bits per heavy atom. The number of carbonyl (C=O) groups is 4. The van der Waals surface area contributed by atoms with E-state index in [9.17, 15) is 23.6 Å². The number of amides is 2. The summed E-state index contributed by atoms with van der Waals surface area (Å²) >= 11 is 0. The molecule has 7 rings (SSSR count). The van der Waals surface area contributed by atoms with Gasteiger partial charge in [0.05, 0.1) is 19.4 Å². The van der Waals surface area contributed by atoms with E-state index in [1.165, 1.54) is 26.2 Å². The molecule has 3 aliphatic rings. The number of aromatic amines is 1. The third-order valence-corrected chi connectivity index (χ3v) is 8.37. The summed E-state index contributed by atoms with van der Waals surface area (Å²) in [6.07, 6.45) is -0.989. The minimum Gasteiger partial charge on any atom is -0.497 e. The van der Waals surface area contributed by atoms with Crippen molar-refractivity contribution in [2.75, 3.05) is 26.9 Å². The van der Waals surface area contributed by atoms with E-state index in [0.29, 0.717) is 22.8 Å². The van der Waals surface area contributed by atoms with Crippen molar-refractivity contribution in [3.05, 3.63) is 88.9 Å². The molecule has 2 unspecified atom stereocenters. The second-order valence-electron chi connectivity index (χ2n) is 11.5. The summed E-state index contributed by atoms with van der Waals surface area (Å²) in [6, 6.07) is 15.5. The molecule has 3 aliphatic heterocycles. The van der Waals surface area contributed by atoms with Crippen LogP contribution in [-0.4, -0.2) is 72.8 Å². The number of esters is 2. The van der Waals surface area contributed by atoms with Gasteiger partial charge in [0.15, 0.2) is 18.9 Å². The number of halogens is 1. The van der Waals surface area contributed by atoms with Crippen molar-refractivity contribution in [3.63, 3.8) is 0 Å². The number of hydrogen-bond donors (Lipinski definition) is 2. The molecule has 2 N–H and O–H groups in total. The maximum atomic E-state index is 13.8. The largest absolute Gasteiger partial charge is 0.497 e. The molecular weight excluding hydrogens is 641 g/mol. The Labute approximate surface area is 278 Å². The molecule has 2 amide bonds. The fraction of sp³-hybridized carbons (Fsp3) is 0.257. The number of benzene rings is 3. The summed E-state index contributed by atoms with van der Waals surface area (Å²) < 4.78 is 47.0. The number of nitrogens with zero attached hydrogens (tertiary/aromatic N) is 1. The van der Waals surface area contributed by atoms with Gasteiger partial charge in [-0.2, -0.15) is 0 Å². The number of β-lactam (4-membered cyclic amide) rings is 1. The number of methoxy groups -OCH3 is 1. The molecule has 49 heavy (non-hydrogen) atoms. The first-order valence-electron chi connectivity index (χ1n) is 15.3. The van der Waals surface area contributed by atoms with Crippen molar-refractivity contribution in [1.29, 1.82) is 0 Å². The standard InChI is InChI=1S/C35H30FN3O10/c1-18(40)45-14-20-15-48-34-31(33(42)39(34)32(20)35(43)49-13-19-3-6-22(44-2)7-4-19)38-29(41)17-46-23-8-9-24-28(12-23)47-16-26-25-11-21(36)5-10-27(25)37-30(24)26/h3-12,31,34,37H,13-17H2,1-2H3,(H,38,41). The molecule has 252 valence electrons. The zero-order valence-electron chi connectivity index (χ0n) is 26.4. The number of rotatable bonds is 10. The number of hydrogen-bond acceptors (Lipinski definition) is 10. The van der Waals surface area contributed by atoms with Crippen LogP contribution in [0.25, 0.3) is 22.2 Å². The zero-order chi connectivity index (χ0) is 34.2. The molecule has 0 spiro atoms. The highest BCUT2D eigenvalue weighted by Gasteiger charge is 2.55. The van der Waals surface area contributed by atoms with Crippen molar-refractivity contribution in [1.82, 2.24) is 15.2 Å². The topological polar surface area (TPSA) is 155 Å². The maximum Gasteiger partial charge on any atom is 0.355 e. The van der Waals surface area contributed by atoms with Gasteiger partial charge in [0.25, 0.3) is 11.8 Å². The Bertz CT molecular complexity index is 2020. The Balaban J connectivity index is 0.988. The number of aromatic nitrogens is 1. The van der Waals surface area contributed by atoms with Crippen LogP contribution in [0.1, 0.15) is 18.1 Å². The molecule has 0 aliphatic carbocycles. The predicted molar refractivity (Wildman–Crippen MR) is 168 cm³/mol. The van der Waals surface area contributed by atoms with Crippen LogP contribution >= 0.6 is 0 Å². The minimum absolute atomic E-state index is 0.0884. The van der Waals surface area contributed by atoms with Gasteiger partial charge >= 0.3 is 11.9 Å². The molecule has 13 nitrogen and oxygen atoms in total. The highest BCUT2D eigenvalue weighted by molar-refractivity contribution is 6.02. The SMILES string of the molecule is COc1ccc(COC(=O)C2=C(COC(C)=O)COC3C(NC(=O)COc4ccc5c(c4)OCc4c-5[nH]c5ccc(F)cc45)C(=O)N23)cc1. The van der Waals surface area contributed by atoms with Crippen LogP contribution in [0, 0.1) is 5.82 Å². The lowest BCUT2D eigenvalue weighted by molar-refractivity contribution is -0.186. The number of fused-ring (bicyclic) bond motifs is 6. The average Bonchev–Trinajstić information content (AvgIpc) is 3.48. The fourth-order valence-electron chi connectivity index (χ4n) is 5.94. The summed E-state index contributed by atoms with van der Waals surface area (Å²) in [5.41, 5.74) is 4.05. The Kier molecular flexibility index (Phi) is 8.38. The van der Waals surface area contributed by atoms with Crippen LogP contribution in [0.4, 0.5) is 4.39 Å². The van der Waals surface area contributed by atoms with Crippen molar-refractivity contribution in [2.45, 2.75) is 32.4 Å². The summed E-state index contributed by atoms with van der Waals surface area (Å²) in [6.45, 7) is 0.516. The summed E-state index contributed by atoms with van der Waals surface area (Å²) in [4.78, 5) is 55.3. The van der Waals surface area contributed by atoms with E-state index in [0.717, 1.165) is 32.6 Å². The van der Waals surface area contributed by atoms with Crippen molar-refractivity contribution in [3.8, 4) is 28.5 Å². The van der Waals surface area contributed by atoms with Crippen LogP contribution in [0.5, 0.6) is 17.2 Å². The van der Waals surface area contributed by atoms with E-state index in [4.69, 9.17) is 28.4 Å². The van der Waals surface area contributed by atoms with E-state index >= 15 is 0 Å². The number of H-pyrrole nitrogens is 1. The first-order valence-corrected chi connectivity index (χ1v) is 15.3. The number of ether oxygens (including phenoxy) is 6. The van der Waals surface area contributed by atoms with E-state index < -0.39 is 42.6 Å². The van der Waals surface area contributed by atoms with Gasteiger partial charge in [-0.15, -0.1) is 0 Å². The molecule has 0 bridgehead atoms. The van der Waals surface area contributed by atoms with Crippen molar-refractivity contribution in [2.24, 2.45) is 0 Å². The normalized spacial score (nSPS) is 17.6. The average molecular weight is 672 g/mol. The Morgan fingerprint density at radius 2 is 1.80 bits per heavy atom. The second-order valence-corrected chi connectivity index (χ2v) is 11.5. The third-order valence-electron chi connectivity index (χ3n) is 8.37. The second kappa shape index (κ2) is 13.0. The van der Waals surface area contributed by atoms with Gasteiger partial charge in [-0.3, -0.25) is 19.3 Å².